The normalized spacial score (nSPS) is 21.5. The molecule has 3 aliphatic carbocycles. The van der Waals surface area contributed by atoms with Gasteiger partial charge in [0.05, 0.1) is 16.6 Å². The van der Waals surface area contributed by atoms with Crippen molar-refractivity contribution in [3.63, 3.8) is 0 Å². The molecule has 0 spiro atoms. The van der Waals surface area contributed by atoms with Crippen LogP contribution in [0.4, 0.5) is 0 Å². The summed E-state index contributed by atoms with van der Waals surface area (Å²) in [6.45, 7) is 0. The molecule has 1 aromatic heterocycles. The number of carbonyl (C=O) groups excluding carboxylic acids is 1. The van der Waals surface area contributed by atoms with Crippen molar-refractivity contribution < 1.29 is 9.90 Å². The smallest absolute Gasteiger partial charge is 0.257 e. The Hall–Kier alpha value is -0.491. The fourth-order valence-electron chi connectivity index (χ4n) is 5.92. The van der Waals surface area contributed by atoms with Crippen molar-refractivity contribution in [1.29, 1.82) is 0 Å². The fourth-order valence-corrected chi connectivity index (χ4v) is 21.0. The Morgan fingerprint density at radius 1 is 0.833 bits per heavy atom. The maximum atomic E-state index is 10.7. The van der Waals surface area contributed by atoms with E-state index in [4.69, 9.17) is 11.6 Å². The predicted octanol–water partition coefficient (Wildman–Crippen LogP) is 5.88. The van der Waals surface area contributed by atoms with Crippen LogP contribution in [0.2, 0.25) is 16.8 Å². The number of carboxylic acid groups (broad SMARTS) is 1. The third-order valence-corrected chi connectivity index (χ3v) is 20.6. The van der Waals surface area contributed by atoms with Crippen molar-refractivity contribution in [2.24, 2.45) is 0 Å². The first kappa shape index (κ1) is 24.2. The van der Waals surface area contributed by atoms with E-state index in [0.717, 1.165) is 6.07 Å². The van der Waals surface area contributed by atoms with E-state index in [9.17, 15) is 14.7 Å². The van der Waals surface area contributed by atoms with Crippen molar-refractivity contribution in [3.05, 3.63) is 33.2 Å². The van der Waals surface area contributed by atoms with E-state index >= 15 is 0 Å². The largest absolute Gasteiger partial charge is 0.545 e. The van der Waals surface area contributed by atoms with E-state index in [1.807, 2.05) is 0 Å². The van der Waals surface area contributed by atoms with Gasteiger partial charge in [-0.3, -0.25) is 4.79 Å². The number of pyridine rings is 1. The zero-order chi connectivity index (χ0) is 21.3. The van der Waals surface area contributed by atoms with E-state index < -0.39 is 36.9 Å². The standard InChI is InChI=1S/C6H4ClNO3.3C6H11.Sn/c7-3-1-4(6(10)11)5(9)8-2-3;3*1-2-4-6-5-3-1;/h1-2H,(H,8,9)(H,10,11);3*1H,2-6H2;/q;;;;+1/p-1. The number of hydrogen-bond acceptors (Lipinski definition) is 3. The molecule has 1 aromatic rings. The van der Waals surface area contributed by atoms with Gasteiger partial charge in [-0.2, -0.15) is 0 Å². The van der Waals surface area contributed by atoms with Gasteiger partial charge >= 0.3 is 128 Å². The second-order valence-electron chi connectivity index (χ2n) is 9.35. The number of carbonyl (C=O) groups is 1. The molecule has 4 rings (SSSR count). The molecule has 0 atom stereocenters. The number of nitrogens with one attached hydrogen (secondary N) is 1. The summed E-state index contributed by atoms with van der Waals surface area (Å²) >= 11 is 4.25. The quantitative estimate of drug-likeness (QED) is 0.485. The summed E-state index contributed by atoms with van der Waals surface area (Å²) in [4.78, 5) is 23.0. The molecule has 4 nitrogen and oxygen atoms in total. The topological polar surface area (TPSA) is 73.0 Å². The molecule has 30 heavy (non-hydrogen) atoms. The van der Waals surface area contributed by atoms with Gasteiger partial charge in [0, 0.05) is 6.20 Å². The van der Waals surface area contributed by atoms with Gasteiger partial charge in [-0.1, -0.05) is 11.6 Å². The summed E-state index contributed by atoms with van der Waals surface area (Å²) in [5, 5.41) is 10.3. The number of hydrogen-bond donors (Lipinski definition) is 1. The summed E-state index contributed by atoms with van der Waals surface area (Å²) in [5.41, 5.74) is -1.17. The van der Waals surface area contributed by atoms with Crippen LogP contribution in [0.25, 0.3) is 0 Å². The number of rotatable bonds is 4. The van der Waals surface area contributed by atoms with Crippen molar-refractivity contribution >= 4 is 37.3 Å². The summed E-state index contributed by atoms with van der Waals surface area (Å²) in [5.74, 6) is -1.53. The van der Waals surface area contributed by atoms with Gasteiger partial charge in [-0.15, -0.1) is 0 Å². The Kier molecular flexibility index (Phi) is 10.1. The van der Waals surface area contributed by atoms with Crippen molar-refractivity contribution in [3.8, 4) is 0 Å². The first-order chi connectivity index (χ1) is 14.6. The Bertz CT molecular complexity index is 677. The van der Waals surface area contributed by atoms with E-state index in [1.54, 1.807) is 96.3 Å². The Morgan fingerprint density at radius 2 is 1.23 bits per heavy atom. The van der Waals surface area contributed by atoms with Crippen LogP contribution in [0.1, 0.15) is 107 Å². The molecule has 0 bridgehead atoms. The number of aromatic amines is 1. The summed E-state index contributed by atoms with van der Waals surface area (Å²) in [6, 6.07) is 1.04. The van der Waals surface area contributed by atoms with E-state index in [1.165, 1.54) is 18.0 Å². The molecule has 6 heteroatoms. The average molecular weight is 541 g/mol. The molecule has 0 saturated heterocycles. The molecule has 0 aliphatic heterocycles. The molecular weight excluding hydrogens is 504 g/mol. The molecule has 0 radical (unpaired) electrons. The zero-order valence-corrected chi connectivity index (χ0v) is 21.7. The van der Waals surface area contributed by atoms with Gasteiger partial charge in [-0.25, -0.2) is 0 Å². The number of halogens is 1. The van der Waals surface area contributed by atoms with Gasteiger partial charge in [0.2, 0.25) is 0 Å². The molecule has 0 amide bonds. The predicted molar refractivity (Wildman–Crippen MR) is 123 cm³/mol. The van der Waals surface area contributed by atoms with Crippen molar-refractivity contribution in [2.75, 3.05) is 0 Å². The summed E-state index contributed by atoms with van der Waals surface area (Å²) < 4.78 is 3.96. The van der Waals surface area contributed by atoms with Crippen LogP contribution in [0, 0.1) is 0 Å². The molecule has 1 N–H and O–H groups in total. The van der Waals surface area contributed by atoms with E-state index in [0.29, 0.717) is 0 Å². The van der Waals surface area contributed by atoms with E-state index in [2.05, 4.69) is 4.98 Å². The van der Waals surface area contributed by atoms with Crippen LogP contribution < -0.4 is 10.7 Å². The Labute approximate surface area is 192 Å². The molecular formula is C24H36ClNO3Sn. The molecule has 3 aliphatic rings. The van der Waals surface area contributed by atoms with Crippen LogP contribution in [0.15, 0.2) is 17.1 Å². The molecule has 0 aromatic carbocycles. The first-order valence-corrected chi connectivity index (χ1v) is 17.3. The number of aromatic carboxylic acids is 1. The number of H-pyrrole nitrogens is 1. The molecule has 1 heterocycles. The second-order valence-corrected chi connectivity index (χ2v) is 19.6. The van der Waals surface area contributed by atoms with Crippen LogP contribution in [0.5, 0.6) is 0 Å². The van der Waals surface area contributed by atoms with Gasteiger partial charge in [0.25, 0.3) is 5.56 Å². The van der Waals surface area contributed by atoms with Gasteiger partial charge < -0.3 is 14.9 Å². The zero-order valence-electron chi connectivity index (χ0n) is 18.1. The Morgan fingerprint density at radius 3 is 1.57 bits per heavy atom. The monoisotopic (exact) mass is 541 g/mol. The maximum Gasteiger partial charge on any atom is 0.257 e. The summed E-state index contributed by atoms with van der Waals surface area (Å²) in [7, 11) is 0. The molecule has 166 valence electrons. The minimum atomic E-state index is -1.53. The minimum absolute atomic E-state index is 0.156. The van der Waals surface area contributed by atoms with Crippen molar-refractivity contribution in [2.45, 2.75) is 108 Å². The van der Waals surface area contributed by atoms with Crippen LogP contribution in [-0.4, -0.2) is 30.7 Å². The molecule has 3 fully saturated rings. The maximum absolute atomic E-state index is 10.7. The van der Waals surface area contributed by atoms with Gasteiger partial charge in [0.15, 0.2) is 0 Å². The average Bonchev–Trinajstić information content (AvgIpc) is 2.78. The fraction of sp³-hybridized carbons (Fsp3) is 0.750. The van der Waals surface area contributed by atoms with Gasteiger partial charge in [0.1, 0.15) is 0 Å². The minimum Gasteiger partial charge on any atom is -0.545 e. The van der Waals surface area contributed by atoms with Crippen molar-refractivity contribution in [1.82, 2.24) is 4.98 Å². The molecule has 0 unspecified atom stereocenters. The van der Waals surface area contributed by atoms with Crippen LogP contribution >= 0.6 is 11.6 Å². The van der Waals surface area contributed by atoms with Crippen LogP contribution in [-0.2, 0) is 0 Å². The van der Waals surface area contributed by atoms with Gasteiger partial charge in [-0.05, 0) is 6.07 Å². The van der Waals surface area contributed by atoms with Crippen LogP contribution in [0.3, 0.4) is 0 Å². The third-order valence-electron chi connectivity index (χ3n) is 7.32. The first-order valence-electron chi connectivity index (χ1n) is 12.0. The number of carboxylic acids is 1. The third kappa shape index (κ3) is 7.01. The SMILES string of the molecule is C1CC[CH]([Sn+]([CH]2CCCCC2)[CH]2CCCCC2)CC1.O=C([O-])c1cc(Cl)c[nH]c1=O. The second kappa shape index (κ2) is 12.5. The molecule has 3 saturated carbocycles. The van der Waals surface area contributed by atoms with E-state index in [-0.39, 0.29) is 5.02 Å². The number of aromatic nitrogens is 1. The summed E-state index contributed by atoms with van der Waals surface area (Å²) in [6.07, 6.45) is 25.4. The Balaban J connectivity index is 0.000000199.